The predicted octanol–water partition coefficient (Wildman–Crippen LogP) is 2.75. The molecule has 0 heterocycles. The Labute approximate surface area is 93.1 Å². The molecule has 82 valence electrons. The highest BCUT2D eigenvalue weighted by Crippen LogP contribution is 2.14. The van der Waals surface area contributed by atoms with Crippen LogP contribution >= 0.6 is 0 Å². The molecular formula is C12H11NO3. The minimum absolute atomic E-state index is 0.0678. The van der Waals surface area contributed by atoms with Gasteiger partial charge < -0.3 is 0 Å². The van der Waals surface area contributed by atoms with Crippen molar-refractivity contribution in [3.05, 3.63) is 57.7 Å². The second-order valence-electron chi connectivity index (χ2n) is 3.23. The molecule has 0 saturated heterocycles. The molecule has 0 aliphatic carbocycles. The number of benzene rings is 1. The average molecular weight is 217 g/mol. The van der Waals surface area contributed by atoms with E-state index in [1.54, 1.807) is 18.2 Å². The molecule has 0 bridgehead atoms. The van der Waals surface area contributed by atoms with Gasteiger partial charge in [0, 0.05) is 12.1 Å². The largest absolute Gasteiger partial charge is 0.299 e. The summed E-state index contributed by atoms with van der Waals surface area (Å²) in [5.74, 6) is 0. The van der Waals surface area contributed by atoms with E-state index in [2.05, 4.69) is 0 Å². The number of hydrogen-bond donors (Lipinski definition) is 0. The number of hydrogen-bond acceptors (Lipinski definition) is 3. The Bertz CT molecular complexity index is 444. The molecule has 0 aliphatic heterocycles. The van der Waals surface area contributed by atoms with Crippen LogP contribution in [0.15, 0.2) is 42.0 Å². The standard InChI is InChI=1S/C12H11NO3/c1-10(3-2-8-14)9-11-4-6-12(7-5-11)13(15)16/h2-9H,1H3/b3-2+,10-9+. The van der Waals surface area contributed by atoms with E-state index in [-0.39, 0.29) is 5.69 Å². The van der Waals surface area contributed by atoms with Crippen LogP contribution in [0.25, 0.3) is 6.08 Å². The van der Waals surface area contributed by atoms with Crippen molar-refractivity contribution >= 4 is 18.0 Å². The number of nitrogens with zero attached hydrogens (tertiary/aromatic N) is 1. The molecule has 1 rings (SSSR count). The van der Waals surface area contributed by atoms with Gasteiger partial charge >= 0.3 is 0 Å². The van der Waals surface area contributed by atoms with Crippen molar-refractivity contribution in [3.8, 4) is 0 Å². The first kappa shape index (κ1) is 11.8. The van der Waals surface area contributed by atoms with Gasteiger partial charge in [0.15, 0.2) is 0 Å². The van der Waals surface area contributed by atoms with Gasteiger partial charge in [0.25, 0.3) is 5.69 Å². The summed E-state index contributed by atoms with van der Waals surface area (Å²) in [7, 11) is 0. The van der Waals surface area contributed by atoms with Gasteiger partial charge in [-0.05, 0) is 30.7 Å². The number of aldehydes is 1. The quantitative estimate of drug-likeness (QED) is 0.256. The van der Waals surface area contributed by atoms with Gasteiger partial charge in [-0.1, -0.05) is 17.7 Å². The molecule has 0 spiro atoms. The Balaban J connectivity index is 2.86. The molecule has 0 saturated carbocycles. The highest BCUT2D eigenvalue weighted by Gasteiger charge is 2.02. The molecule has 16 heavy (non-hydrogen) atoms. The van der Waals surface area contributed by atoms with E-state index in [1.807, 2.05) is 13.0 Å². The van der Waals surface area contributed by atoms with Crippen molar-refractivity contribution in [2.75, 3.05) is 0 Å². The Morgan fingerprint density at radius 2 is 1.94 bits per heavy atom. The summed E-state index contributed by atoms with van der Waals surface area (Å²) in [6.45, 7) is 1.85. The van der Waals surface area contributed by atoms with E-state index >= 15 is 0 Å². The van der Waals surface area contributed by atoms with Crippen LogP contribution in [0.3, 0.4) is 0 Å². The summed E-state index contributed by atoms with van der Waals surface area (Å²) < 4.78 is 0. The van der Waals surface area contributed by atoms with Gasteiger partial charge in [0.05, 0.1) is 4.92 Å². The fourth-order valence-electron chi connectivity index (χ4n) is 1.19. The summed E-state index contributed by atoms with van der Waals surface area (Å²) in [5.41, 5.74) is 1.83. The summed E-state index contributed by atoms with van der Waals surface area (Å²) >= 11 is 0. The van der Waals surface area contributed by atoms with E-state index in [0.29, 0.717) is 6.29 Å². The first-order chi connectivity index (χ1) is 7.63. The third-order valence-electron chi connectivity index (χ3n) is 1.94. The molecule has 0 atom stereocenters. The number of rotatable bonds is 4. The SMILES string of the molecule is CC(/C=C/C=O)=C\c1ccc([N+](=O)[O-])cc1. The summed E-state index contributed by atoms with van der Waals surface area (Å²) in [4.78, 5) is 20.1. The van der Waals surface area contributed by atoms with E-state index < -0.39 is 4.92 Å². The second kappa shape index (κ2) is 5.60. The van der Waals surface area contributed by atoms with Crippen LogP contribution in [0.4, 0.5) is 5.69 Å². The Morgan fingerprint density at radius 3 is 2.44 bits per heavy atom. The van der Waals surface area contributed by atoms with Crippen molar-refractivity contribution in [3.63, 3.8) is 0 Å². The van der Waals surface area contributed by atoms with Crippen molar-refractivity contribution in [1.29, 1.82) is 0 Å². The van der Waals surface area contributed by atoms with Crippen LogP contribution in [-0.2, 0) is 4.79 Å². The highest BCUT2D eigenvalue weighted by molar-refractivity contribution is 5.67. The second-order valence-corrected chi connectivity index (χ2v) is 3.23. The van der Waals surface area contributed by atoms with Gasteiger partial charge in [-0.15, -0.1) is 0 Å². The Kier molecular flexibility index (Phi) is 4.15. The topological polar surface area (TPSA) is 60.2 Å². The van der Waals surface area contributed by atoms with Crippen molar-refractivity contribution in [2.24, 2.45) is 0 Å². The van der Waals surface area contributed by atoms with E-state index in [4.69, 9.17) is 0 Å². The first-order valence-corrected chi connectivity index (χ1v) is 4.68. The molecular weight excluding hydrogens is 206 g/mol. The van der Waals surface area contributed by atoms with Crippen LogP contribution in [0.1, 0.15) is 12.5 Å². The van der Waals surface area contributed by atoms with Gasteiger partial charge in [0.1, 0.15) is 6.29 Å². The van der Waals surface area contributed by atoms with Crippen LogP contribution in [0, 0.1) is 10.1 Å². The number of nitro benzene ring substituents is 1. The number of carbonyl (C=O) groups excluding carboxylic acids is 1. The average Bonchev–Trinajstić information content (AvgIpc) is 2.27. The highest BCUT2D eigenvalue weighted by atomic mass is 16.6. The van der Waals surface area contributed by atoms with Crippen LogP contribution in [0.2, 0.25) is 0 Å². The molecule has 1 aromatic rings. The van der Waals surface area contributed by atoms with Crippen molar-refractivity contribution in [2.45, 2.75) is 6.92 Å². The van der Waals surface area contributed by atoms with E-state index in [9.17, 15) is 14.9 Å². The molecule has 0 amide bonds. The lowest BCUT2D eigenvalue weighted by atomic mass is 10.1. The maximum Gasteiger partial charge on any atom is 0.269 e. The number of carbonyl (C=O) groups is 1. The van der Waals surface area contributed by atoms with E-state index in [1.165, 1.54) is 18.2 Å². The molecule has 0 aromatic heterocycles. The minimum atomic E-state index is -0.438. The zero-order valence-corrected chi connectivity index (χ0v) is 8.79. The van der Waals surface area contributed by atoms with Gasteiger partial charge in [-0.2, -0.15) is 0 Å². The molecule has 1 aromatic carbocycles. The minimum Gasteiger partial charge on any atom is -0.299 e. The van der Waals surface area contributed by atoms with Crippen molar-refractivity contribution < 1.29 is 9.72 Å². The normalized spacial score (nSPS) is 11.7. The fourth-order valence-corrected chi connectivity index (χ4v) is 1.19. The fraction of sp³-hybridized carbons (Fsp3) is 0.0833. The number of allylic oxidation sites excluding steroid dienone is 3. The monoisotopic (exact) mass is 217 g/mol. The van der Waals surface area contributed by atoms with Crippen molar-refractivity contribution in [1.82, 2.24) is 0 Å². The maximum atomic E-state index is 10.4. The molecule has 0 aliphatic rings. The summed E-state index contributed by atoms with van der Waals surface area (Å²) in [6, 6.07) is 6.22. The smallest absolute Gasteiger partial charge is 0.269 e. The predicted molar refractivity (Wildman–Crippen MR) is 62.0 cm³/mol. The molecule has 4 nitrogen and oxygen atoms in total. The molecule has 0 unspecified atom stereocenters. The van der Waals surface area contributed by atoms with Gasteiger partial charge in [-0.25, -0.2) is 0 Å². The van der Waals surface area contributed by atoms with Crippen LogP contribution in [-0.4, -0.2) is 11.2 Å². The van der Waals surface area contributed by atoms with E-state index in [0.717, 1.165) is 11.1 Å². The lowest BCUT2D eigenvalue weighted by molar-refractivity contribution is -0.384. The zero-order valence-electron chi connectivity index (χ0n) is 8.79. The summed E-state index contributed by atoms with van der Waals surface area (Å²) in [5, 5.41) is 10.4. The molecule has 0 N–H and O–H groups in total. The number of non-ortho nitro benzene ring substituents is 1. The molecule has 0 fully saturated rings. The van der Waals surface area contributed by atoms with Gasteiger partial charge in [0.2, 0.25) is 0 Å². The van der Waals surface area contributed by atoms with Crippen LogP contribution < -0.4 is 0 Å². The third-order valence-corrected chi connectivity index (χ3v) is 1.94. The lowest BCUT2D eigenvalue weighted by Gasteiger charge is -1.95. The lowest BCUT2D eigenvalue weighted by Crippen LogP contribution is -1.86. The maximum absolute atomic E-state index is 10.4. The Morgan fingerprint density at radius 1 is 1.31 bits per heavy atom. The Hall–Kier alpha value is -2.23. The summed E-state index contributed by atoms with van der Waals surface area (Å²) in [6.07, 6.45) is 5.61. The van der Waals surface area contributed by atoms with Crippen LogP contribution in [0.5, 0.6) is 0 Å². The first-order valence-electron chi connectivity index (χ1n) is 4.68. The zero-order chi connectivity index (χ0) is 12.0. The number of nitro groups is 1. The molecule has 4 heteroatoms. The van der Waals surface area contributed by atoms with Gasteiger partial charge in [-0.3, -0.25) is 14.9 Å². The third kappa shape index (κ3) is 3.49. The molecule has 0 radical (unpaired) electrons.